The zero-order chi connectivity index (χ0) is 25.5. The van der Waals surface area contributed by atoms with Crippen molar-refractivity contribution < 1.29 is 24.3 Å². The monoisotopic (exact) mass is 514 g/mol. The summed E-state index contributed by atoms with van der Waals surface area (Å²) >= 11 is 12.2. The molecule has 35 heavy (non-hydrogen) atoms. The van der Waals surface area contributed by atoms with Crippen LogP contribution in [0.25, 0.3) is 0 Å². The summed E-state index contributed by atoms with van der Waals surface area (Å²) < 4.78 is 0. The van der Waals surface area contributed by atoms with Crippen LogP contribution in [0, 0.1) is 11.3 Å². The molecule has 0 saturated carbocycles. The molecule has 2 fully saturated rings. The third-order valence-corrected chi connectivity index (χ3v) is 6.95. The largest absolute Gasteiger partial charge is 0.481 e. The molecule has 4 rings (SSSR count). The van der Waals surface area contributed by atoms with Gasteiger partial charge in [-0.2, -0.15) is 5.26 Å². The number of carbonyl (C=O) groups is 4. The van der Waals surface area contributed by atoms with Gasteiger partial charge in [-0.15, -0.1) is 0 Å². The second-order valence-corrected chi connectivity index (χ2v) is 9.36. The maximum absolute atomic E-state index is 14.0. The van der Waals surface area contributed by atoms with E-state index in [0.29, 0.717) is 11.1 Å². The number of likely N-dealkylation sites (tertiary alicyclic amines) is 1. The molecule has 0 radical (unpaired) electrons. The van der Waals surface area contributed by atoms with Crippen LogP contribution >= 0.6 is 23.2 Å². The Morgan fingerprint density at radius 1 is 1.11 bits per heavy atom. The summed E-state index contributed by atoms with van der Waals surface area (Å²) in [6, 6.07) is 12.4. The average Bonchev–Trinajstić information content (AvgIpc) is 3.30. The Morgan fingerprint density at radius 2 is 1.74 bits per heavy atom. The number of carboxylic acid groups (broad SMARTS) is 1. The van der Waals surface area contributed by atoms with Gasteiger partial charge < -0.3 is 14.9 Å². The number of aliphatic carboxylic acids is 1. The first kappa shape index (κ1) is 24.5. The van der Waals surface area contributed by atoms with Gasteiger partial charge in [-0.05, 0) is 35.9 Å². The second-order valence-electron chi connectivity index (χ2n) is 8.49. The van der Waals surface area contributed by atoms with Crippen LogP contribution in [0.1, 0.15) is 29.9 Å². The van der Waals surface area contributed by atoms with Crippen molar-refractivity contribution in [2.24, 2.45) is 0 Å². The van der Waals surface area contributed by atoms with Gasteiger partial charge in [-0.25, -0.2) is 9.69 Å². The maximum atomic E-state index is 14.0. The molecular weight excluding hydrogens is 495 g/mol. The zero-order valence-electron chi connectivity index (χ0n) is 18.6. The number of benzene rings is 2. The van der Waals surface area contributed by atoms with Crippen LogP contribution in [0.5, 0.6) is 0 Å². The fraction of sp³-hybridized carbons (Fsp3) is 0.292. The minimum atomic E-state index is -1.45. The Bertz CT molecular complexity index is 1260. The Morgan fingerprint density at radius 3 is 2.31 bits per heavy atom. The van der Waals surface area contributed by atoms with Crippen molar-refractivity contribution in [2.75, 3.05) is 25.0 Å². The lowest BCUT2D eigenvalue weighted by Crippen LogP contribution is -2.54. The molecule has 1 N–H and O–H groups in total. The topological polar surface area (TPSA) is 122 Å². The smallest absolute Gasteiger partial charge is 0.332 e. The van der Waals surface area contributed by atoms with Crippen LogP contribution in [0.15, 0.2) is 42.5 Å². The van der Waals surface area contributed by atoms with E-state index in [1.165, 1.54) is 35.0 Å². The molecule has 2 unspecified atom stereocenters. The number of halogens is 2. The number of rotatable bonds is 5. The first-order valence-corrected chi connectivity index (χ1v) is 11.4. The molecule has 0 aliphatic carbocycles. The molecule has 0 aromatic heterocycles. The second kappa shape index (κ2) is 9.21. The molecular formula is C24H20Cl2N4O5. The van der Waals surface area contributed by atoms with Crippen LogP contribution in [0.3, 0.4) is 0 Å². The summed E-state index contributed by atoms with van der Waals surface area (Å²) in [5, 5.41) is 18.6. The third-order valence-electron chi connectivity index (χ3n) is 6.51. The number of carbonyl (C=O) groups excluding carboxylic acids is 3. The van der Waals surface area contributed by atoms with Gasteiger partial charge in [0.1, 0.15) is 5.54 Å². The van der Waals surface area contributed by atoms with Crippen LogP contribution in [-0.4, -0.2) is 64.4 Å². The van der Waals surface area contributed by atoms with Crippen molar-refractivity contribution in [3.8, 4) is 6.07 Å². The molecule has 2 heterocycles. The number of urea groups is 1. The van der Waals surface area contributed by atoms with Crippen LogP contribution < -0.4 is 4.90 Å². The van der Waals surface area contributed by atoms with Gasteiger partial charge in [0.2, 0.25) is 5.91 Å². The summed E-state index contributed by atoms with van der Waals surface area (Å²) in [5.41, 5.74) is -0.154. The Hall–Kier alpha value is -3.61. The molecule has 1 spiro atoms. The highest BCUT2D eigenvalue weighted by atomic mass is 35.5. The molecule has 9 nitrogen and oxygen atoms in total. The summed E-state index contributed by atoms with van der Waals surface area (Å²) in [4.78, 5) is 55.0. The Labute approximate surface area is 211 Å². The Balaban J connectivity index is 1.79. The predicted octanol–water partition coefficient (Wildman–Crippen LogP) is 3.49. The van der Waals surface area contributed by atoms with Gasteiger partial charge >= 0.3 is 12.0 Å². The molecule has 2 aliphatic rings. The van der Waals surface area contributed by atoms with Crippen molar-refractivity contribution in [3.63, 3.8) is 0 Å². The highest BCUT2D eigenvalue weighted by Crippen LogP contribution is 2.46. The first-order valence-electron chi connectivity index (χ1n) is 10.7. The minimum absolute atomic E-state index is 0.0951. The predicted molar refractivity (Wildman–Crippen MR) is 127 cm³/mol. The van der Waals surface area contributed by atoms with Gasteiger partial charge in [0.05, 0.1) is 30.3 Å². The molecule has 2 aromatic rings. The van der Waals surface area contributed by atoms with Crippen molar-refractivity contribution in [1.82, 2.24) is 9.80 Å². The minimum Gasteiger partial charge on any atom is -0.481 e. The highest BCUT2D eigenvalue weighted by Gasteiger charge is 2.64. The van der Waals surface area contributed by atoms with Crippen molar-refractivity contribution >= 4 is 52.7 Å². The fourth-order valence-corrected chi connectivity index (χ4v) is 5.28. The lowest BCUT2D eigenvalue weighted by molar-refractivity contribution is -0.140. The summed E-state index contributed by atoms with van der Waals surface area (Å²) in [5.74, 6) is -2.71. The Kier molecular flexibility index (Phi) is 6.45. The van der Waals surface area contributed by atoms with Crippen LogP contribution in [-0.2, 0) is 14.4 Å². The van der Waals surface area contributed by atoms with Crippen molar-refractivity contribution in [3.05, 3.63) is 63.6 Å². The fourth-order valence-electron chi connectivity index (χ4n) is 4.77. The number of nitrogens with zero attached hydrogens (tertiary/aromatic N) is 4. The van der Waals surface area contributed by atoms with Gasteiger partial charge in [-0.1, -0.05) is 35.3 Å². The highest BCUT2D eigenvalue weighted by molar-refractivity contribution is 6.35. The number of carboxylic acids is 1. The molecule has 0 bridgehead atoms. The quantitative estimate of drug-likeness (QED) is 0.609. The van der Waals surface area contributed by atoms with E-state index in [1.807, 2.05) is 6.07 Å². The summed E-state index contributed by atoms with van der Waals surface area (Å²) in [7, 11) is 1.49. The first-order chi connectivity index (χ1) is 16.6. The number of amides is 4. The van der Waals surface area contributed by atoms with Crippen molar-refractivity contribution in [1.29, 1.82) is 5.26 Å². The molecule has 2 saturated heterocycles. The van der Waals surface area contributed by atoms with E-state index < -0.39 is 35.3 Å². The lowest BCUT2D eigenvalue weighted by Gasteiger charge is -2.33. The molecule has 2 aromatic carbocycles. The molecule has 2 atom stereocenters. The van der Waals surface area contributed by atoms with E-state index in [9.17, 15) is 19.2 Å². The number of imide groups is 1. The van der Waals surface area contributed by atoms with Crippen molar-refractivity contribution in [2.45, 2.75) is 24.3 Å². The zero-order valence-corrected chi connectivity index (χ0v) is 20.1. The number of likely N-dealkylation sites (N-methyl/N-ethyl adjacent to an activating group) is 1. The number of nitriles is 1. The maximum Gasteiger partial charge on any atom is 0.332 e. The van der Waals surface area contributed by atoms with Gasteiger partial charge in [-0.3, -0.25) is 14.4 Å². The average molecular weight is 515 g/mol. The van der Waals surface area contributed by atoms with E-state index in [2.05, 4.69) is 0 Å². The molecule has 4 amide bonds. The van der Waals surface area contributed by atoms with E-state index in [1.54, 1.807) is 24.3 Å². The van der Waals surface area contributed by atoms with Gasteiger partial charge in [0.25, 0.3) is 5.91 Å². The number of hydrogen-bond donors (Lipinski definition) is 1. The normalized spacial score (nSPS) is 21.7. The van der Waals surface area contributed by atoms with Gasteiger partial charge in [0.15, 0.2) is 0 Å². The molecule has 180 valence electrons. The number of anilines is 1. The van der Waals surface area contributed by atoms with Gasteiger partial charge in [0, 0.05) is 36.0 Å². The van der Waals surface area contributed by atoms with Crippen LogP contribution in [0.4, 0.5) is 10.5 Å². The molecule has 11 heteroatoms. The van der Waals surface area contributed by atoms with E-state index in [4.69, 9.17) is 33.6 Å². The summed E-state index contributed by atoms with van der Waals surface area (Å²) in [6.45, 7) is -0.0140. The number of hydrogen-bond acceptors (Lipinski definition) is 5. The summed E-state index contributed by atoms with van der Waals surface area (Å²) in [6.07, 6.45) is -0.579. The lowest BCUT2D eigenvalue weighted by atomic mass is 9.80. The van der Waals surface area contributed by atoms with E-state index in [-0.39, 0.29) is 41.7 Å². The van der Waals surface area contributed by atoms with E-state index in [0.717, 1.165) is 4.90 Å². The van der Waals surface area contributed by atoms with E-state index >= 15 is 0 Å². The third kappa shape index (κ3) is 4.20. The standard InChI is InChI=1S/C24H20Cl2N4O5/c1-28-23(35)30(18-9-16(25)8-17(26)10-18)22(34)24(28)13-29(20(31)6-7-21(32)33)12-19(24)15-4-2-14(11-27)3-5-15/h2-5,8-10,19H,6-7,12-13H2,1H3,(H,32,33). The van der Waals surface area contributed by atoms with Crippen LogP contribution in [0.2, 0.25) is 10.0 Å². The SMILES string of the molecule is CN1C(=O)N(c2cc(Cl)cc(Cl)c2)C(=O)C12CN(C(=O)CCC(=O)O)CC2c1ccc(C#N)cc1. The molecule has 2 aliphatic heterocycles.